The van der Waals surface area contributed by atoms with Gasteiger partial charge in [-0.1, -0.05) is 43.2 Å². The number of carbonyl (C=O) groups is 1. The van der Waals surface area contributed by atoms with Crippen LogP contribution in [0, 0.1) is 5.82 Å². The summed E-state index contributed by atoms with van der Waals surface area (Å²) in [6, 6.07) is 7.78. The first-order chi connectivity index (χ1) is 12.2. The Morgan fingerprint density at radius 1 is 1.24 bits per heavy atom. The average Bonchev–Trinajstić information content (AvgIpc) is 3.25. The summed E-state index contributed by atoms with van der Waals surface area (Å²) >= 11 is 1.36. The summed E-state index contributed by atoms with van der Waals surface area (Å²) < 4.78 is 15.1. The molecule has 0 spiro atoms. The largest absolute Gasteiger partial charge is 0.295 e. The molecule has 8 heteroatoms. The molecule has 0 atom stereocenters. The molecule has 3 aromatic rings. The van der Waals surface area contributed by atoms with Crippen molar-refractivity contribution < 1.29 is 9.18 Å². The quantitative estimate of drug-likeness (QED) is 0.651. The van der Waals surface area contributed by atoms with Crippen LogP contribution >= 0.6 is 11.3 Å². The second-order valence-corrected chi connectivity index (χ2v) is 6.57. The lowest BCUT2D eigenvalue weighted by Gasteiger charge is -2.02. The minimum atomic E-state index is -0.404. The molecule has 0 aliphatic rings. The molecule has 2 heterocycles. The fourth-order valence-electron chi connectivity index (χ4n) is 2.31. The Labute approximate surface area is 148 Å². The molecule has 0 fully saturated rings. The van der Waals surface area contributed by atoms with Crippen molar-refractivity contribution in [1.82, 2.24) is 20.0 Å². The Morgan fingerprint density at radius 3 is 2.88 bits per heavy atom. The maximum Gasteiger partial charge on any atom is 0.277 e. The summed E-state index contributed by atoms with van der Waals surface area (Å²) in [7, 11) is 0. The Kier molecular flexibility index (Phi) is 5.49. The van der Waals surface area contributed by atoms with Crippen LogP contribution in [0.5, 0.6) is 0 Å². The van der Waals surface area contributed by atoms with Gasteiger partial charge in [-0.15, -0.1) is 10.2 Å². The van der Waals surface area contributed by atoms with Crippen molar-refractivity contribution >= 4 is 22.4 Å². The van der Waals surface area contributed by atoms with Gasteiger partial charge in [0.05, 0.1) is 0 Å². The number of para-hydroxylation sites is 1. The number of unbranched alkanes of at least 4 members (excludes halogenated alkanes) is 2. The van der Waals surface area contributed by atoms with Gasteiger partial charge in [0.25, 0.3) is 5.91 Å². The molecule has 1 aromatic carbocycles. The van der Waals surface area contributed by atoms with Gasteiger partial charge in [-0.25, -0.2) is 9.07 Å². The summed E-state index contributed by atoms with van der Waals surface area (Å²) in [5.41, 5.74) is 0.474. The van der Waals surface area contributed by atoms with Crippen LogP contribution in [0.15, 0.2) is 36.5 Å². The number of carbonyl (C=O) groups excluding carboxylic acids is 1. The lowest BCUT2D eigenvalue weighted by Crippen LogP contribution is -2.13. The van der Waals surface area contributed by atoms with E-state index in [9.17, 15) is 9.18 Å². The number of nitrogens with zero attached hydrogens (tertiary/aromatic N) is 4. The van der Waals surface area contributed by atoms with Gasteiger partial charge in [0, 0.05) is 12.6 Å². The molecule has 0 saturated carbocycles. The monoisotopic (exact) mass is 359 g/mol. The number of amides is 1. The molecular formula is C17H18FN5OS. The summed E-state index contributed by atoms with van der Waals surface area (Å²) in [6.07, 6.45) is 5.76. The van der Waals surface area contributed by atoms with Crippen LogP contribution in [-0.4, -0.2) is 25.9 Å². The fraction of sp³-hybridized carbons (Fsp3) is 0.294. The van der Waals surface area contributed by atoms with E-state index in [0.717, 1.165) is 30.7 Å². The van der Waals surface area contributed by atoms with E-state index in [4.69, 9.17) is 0 Å². The molecule has 0 bridgehead atoms. The van der Waals surface area contributed by atoms with Crippen molar-refractivity contribution in [2.75, 3.05) is 5.32 Å². The first-order valence-corrected chi connectivity index (χ1v) is 8.93. The van der Waals surface area contributed by atoms with E-state index in [1.807, 2.05) is 0 Å². The van der Waals surface area contributed by atoms with E-state index in [2.05, 4.69) is 27.5 Å². The first kappa shape index (κ1) is 17.2. The van der Waals surface area contributed by atoms with E-state index in [1.54, 1.807) is 24.4 Å². The minimum Gasteiger partial charge on any atom is -0.295 e. The van der Waals surface area contributed by atoms with Gasteiger partial charge in [-0.3, -0.25) is 10.1 Å². The number of hydrogen-bond acceptors (Lipinski definition) is 5. The van der Waals surface area contributed by atoms with E-state index in [1.165, 1.54) is 28.2 Å². The summed E-state index contributed by atoms with van der Waals surface area (Å²) in [5.74, 6) is -0.801. The fourth-order valence-corrected chi connectivity index (χ4v) is 3.09. The number of nitrogens with one attached hydrogen (secondary N) is 1. The maximum absolute atomic E-state index is 13.8. The highest BCUT2D eigenvalue weighted by Gasteiger charge is 2.14. The number of aromatic nitrogens is 4. The van der Waals surface area contributed by atoms with Crippen molar-refractivity contribution in [3.05, 3.63) is 53.0 Å². The lowest BCUT2D eigenvalue weighted by molar-refractivity contribution is 0.102. The molecule has 0 aliphatic carbocycles. The van der Waals surface area contributed by atoms with E-state index in [-0.39, 0.29) is 11.4 Å². The van der Waals surface area contributed by atoms with Crippen molar-refractivity contribution in [2.24, 2.45) is 0 Å². The van der Waals surface area contributed by atoms with Gasteiger partial charge in [0.2, 0.25) is 5.13 Å². The normalized spacial score (nSPS) is 10.8. The van der Waals surface area contributed by atoms with Gasteiger partial charge in [0.1, 0.15) is 16.5 Å². The highest BCUT2D eigenvalue weighted by Crippen LogP contribution is 2.18. The second kappa shape index (κ2) is 7.98. The highest BCUT2D eigenvalue weighted by atomic mass is 32.1. The average molecular weight is 359 g/mol. The molecule has 0 aliphatic heterocycles. The molecule has 3 rings (SSSR count). The third-order valence-electron chi connectivity index (χ3n) is 3.60. The van der Waals surface area contributed by atoms with Crippen molar-refractivity contribution in [3.63, 3.8) is 0 Å². The van der Waals surface area contributed by atoms with Crippen LogP contribution in [0.2, 0.25) is 0 Å². The zero-order valence-electron chi connectivity index (χ0n) is 13.8. The van der Waals surface area contributed by atoms with Gasteiger partial charge in [0.15, 0.2) is 5.69 Å². The van der Waals surface area contributed by atoms with E-state index < -0.39 is 11.7 Å². The highest BCUT2D eigenvalue weighted by molar-refractivity contribution is 7.15. The summed E-state index contributed by atoms with van der Waals surface area (Å²) in [5, 5.41) is 16.2. The number of benzene rings is 1. The SMILES string of the molecule is CCCCCc1nnc(NC(=O)c2ccn(-c3ccccc3F)n2)s1. The number of anilines is 1. The zero-order valence-corrected chi connectivity index (χ0v) is 14.6. The molecule has 1 amide bonds. The molecule has 6 nitrogen and oxygen atoms in total. The first-order valence-electron chi connectivity index (χ1n) is 8.11. The molecule has 25 heavy (non-hydrogen) atoms. The van der Waals surface area contributed by atoms with Crippen LogP contribution < -0.4 is 5.32 Å². The minimum absolute atomic E-state index is 0.186. The second-order valence-electron chi connectivity index (χ2n) is 5.51. The standard InChI is InChI=1S/C17H18FN5OS/c1-2-3-4-9-15-20-21-17(25-15)19-16(24)13-10-11-23(22-13)14-8-6-5-7-12(14)18/h5-8,10-11H,2-4,9H2,1H3,(H,19,21,24). The van der Waals surface area contributed by atoms with Gasteiger partial charge in [-0.05, 0) is 24.6 Å². The van der Waals surface area contributed by atoms with E-state index in [0.29, 0.717) is 5.13 Å². The third-order valence-corrected chi connectivity index (χ3v) is 4.50. The molecule has 0 saturated heterocycles. The Morgan fingerprint density at radius 2 is 2.08 bits per heavy atom. The van der Waals surface area contributed by atoms with Crippen molar-refractivity contribution in [2.45, 2.75) is 32.6 Å². The molecule has 0 unspecified atom stereocenters. The van der Waals surface area contributed by atoms with Crippen LogP contribution in [0.4, 0.5) is 9.52 Å². The van der Waals surface area contributed by atoms with Crippen LogP contribution in [0.3, 0.4) is 0 Å². The Balaban J connectivity index is 1.65. The Hall–Kier alpha value is -2.61. The molecular weight excluding hydrogens is 341 g/mol. The summed E-state index contributed by atoms with van der Waals surface area (Å²) in [4.78, 5) is 12.3. The van der Waals surface area contributed by atoms with Crippen LogP contribution in [-0.2, 0) is 6.42 Å². The molecule has 2 aromatic heterocycles. The topological polar surface area (TPSA) is 72.7 Å². The predicted molar refractivity (Wildman–Crippen MR) is 94.6 cm³/mol. The number of halogens is 1. The van der Waals surface area contributed by atoms with Crippen molar-refractivity contribution in [1.29, 1.82) is 0 Å². The van der Waals surface area contributed by atoms with Crippen LogP contribution in [0.25, 0.3) is 5.69 Å². The number of rotatable bonds is 7. The predicted octanol–water partition coefficient (Wildman–Crippen LogP) is 3.85. The van der Waals surface area contributed by atoms with Gasteiger partial charge < -0.3 is 0 Å². The summed E-state index contributed by atoms with van der Waals surface area (Å²) in [6.45, 7) is 2.15. The van der Waals surface area contributed by atoms with Gasteiger partial charge in [-0.2, -0.15) is 5.10 Å². The van der Waals surface area contributed by atoms with Crippen molar-refractivity contribution in [3.8, 4) is 5.69 Å². The smallest absolute Gasteiger partial charge is 0.277 e. The molecule has 0 radical (unpaired) electrons. The number of aryl methyl sites for hydroxylation is 1. The third kappa shape index (κ3) is 4.27. The van der Waals surface area contributed by atoms with Crippen LogP contribution in [0.1, 0.15) is 41.7 Å². The molecule has 130 valence electrons. The molecule has 1 N–H and O–H groups in total. The number of hydrogen-bond donors (Lipinski definition) is 1. The maximum atomic E-state index is 13.8. The Bertz CT molecular complexity index is 860. The lowest BCUT2D eigenvalue weighted by atomic mass is 10.2. The van der Waals surface area contributed by atoms with Gasteiger partial charge >= 0.3 is 0 Å². The zero-order chi connectivity index (χ0) is 17.6. The van der Waals surface area contributed by atoms with E-state index >= 15 is 0 Å².